The van der Waals surface area contributed by atoms with Crippen LogP contribution in [0.25, 0.3) is 11.4 Å². The van der Waals surface area contributed by atoms with Crippen molar-refractivity contribution in [1.29, 1.82) is 0 Å². The third kappa shape index (κ3) is 1.56. The molecule has 0 saturated carbocycles. The van der Waals surface area contributed by atoms with Crippen molar-refractivity contribution in [2.24, 2.45) is 7.05 Å². The van der Waals surface area contributed by atoms with E-state index >= 15 is 0 Å². The van der Waals surface area contributed by atoms with Crippen LogP contribution in [-0.4, -0.2) is 14.8 Å². The van der Waals surface area contributed by atoms with E-state index in [1.54, 1.807) is 24.6 Å². The van der Waals surface area contributed by atoms with Crippen molar-refractivity contribution in [2.45, 2.75) is 6.92 Å². The molecule has 2 rings (SSSR count). The minimum absolute atomic E-state index is 0.347. The van der Waals surface area contributed by atoms with Crippen molar-refractivity contribution in [2.75, 3.05) is 5.73 Å². The molecule has 78 valence electrons. The quantitative estimate of drug-likeness (QED) is 0.719. The molecular weight excluding hydrogens is 195 g/mol. The summed E-state index contributed by atoms with van der Waals surface area (Å²) in [6, 6.07) is 4.40. The van der Waals surface area contributed by atoms with Crippen molar-refractivity contribution in [3.8, 4) is 11.4 Å². The van der Waals surface area contributed by atoms with Crippen molar-refractivity contribution in [3.05, 3.63) is 29.8 Å². The van der Waals surface area contributed by atoms with Gasteiger partial charge in [-0.3, -0.25) is 0 Å². The number of aryl methyl sites for hydroxylation is 1. The fourth-order valence-electron chi connectivity index (χ4n) is 1.36. The number of benzene rings is 1. The van der Waals surface area contributed by atoms with E-state index in [-0.39, 0.29) is 5.82 Å². The van der Waals surface area contributed by atoms with Gasteiger partial charge in [-0.05, 0) is 25.1 Å². The Morgan fingerprint density at radius 2 is 2.07 bits per heavy atom. The highest BCUT2D eigenvalue weighted by Crippen LogP contribution is 2.23. The molecule has 0 bridgehead atoms. The second-order valence-electron chi connectivity index (χ2n) is 3.37. The number of halogens is 1. The van der Waals surface area contributed by atoms with Crippen LogP contribution in [0.1, 0.15) is 5.82 Å². The molecule has 0 amide bonds. The van der Waals surface area contributed by atoms with Crippen LogP contribution in [0.3, 0.4) is 0 Å². The summed E-state index contributed by atoms with van der Waals surface area (Å²) in [5, 5.41) is 7.77. The van der Waals surface area contributed by atoms with Gasteiger partial charge in [0.25, 0.3) is 0 Å². The van der Waals surface area contributed by atoms with E-state index < -0.39 is 0 Å². The van der Waals surface area contributed by atoms with Gasteiger partial charge in [0.1, 0.15) is 11.6 Å². The van der Waals surface area contributed by atoms with Crippen molar-refractivity contribution in [1.82, 2.24) is 14.8 Å². The van der Waals surface area contributed by atoms with E-state index in [0.29, 0.717) is 17.1 Å². The molecule has 2 N–H and O–H groups in total. The zero-order valence-corrected chi connectivity index (χ0v) is 8.53. The van der Waals surface area contributed by atoms with E-state index in [1.165, 1.54) is 12.1 Å². The minimum atomic E-state index is -0.347. The number of hydrogen-bond acceptors (Lipinski definition) is 3. The number of anilines is 1. The zero-order valence-electron chi connectivity index (χ0n) is 8.53. The lowest BCUT2D eigenvalue weighted by Crippen LogP contribution is -1.98. The molecule has 4 nitrogen and oxygen atoms in total. The largest absolute Gasteiger partial charge is 0.399 e. The predicted octanol–water partition coefficient (Wildman–Crippen LogP) is 1.51. The average molecular weight is 206 g/mol. The monoisotopic (exact) mass is 206 g/mol. The summed E-state index contributed by atoms with van der Waals surface area (Å²) in [5.41, 5.74) is 6.48. The van der Waals surface area contributed by atoms with Gasteiger partial charge in [0.2, 0.25) is 0 Å². The van der Waals surface area contributed by atoms with Crippen LogP contribution in [0.15, 0.2) is 18.2 Å². The van der Waals surface area contributed by atoms with E-state index in [1.807, 2.05) is 0 Å². The van der Waals surface area contributed by atoms with Gasteiger partial charge >= 0.3 is 0 Å². The van der Waals surface area contributed by atoms with E-state index in [9.17, 15) is 4.39 Å². The van der Waals surface area contributed by atoms with E-state index in [0.717, 1.165) is 5.82 Å². The van der Waals surface area contributed by atoms with Crippen LogP contribution in [0, 0.1) is 12.7 Å². The smallest absolute Gasteiger partial charge is 0.166 e. The second-order valence-corrected chi connectivity index (χ2v) is 3.37. The van der Waals surface area contributed by atoms with Gasteiger partial charge in [0.05, 0.1) is 5.56 Å². The topological polar surface area (TPSA) is 56.7 Å². The molecule has 0 radical (unpaired) electrons. The normalized spacial score (nSPS) is 10.6. The molecule has 0 aliphatic heterocycles. The molecule has 2 aromatic rings. The fraction of sp³-hybridized carbons (Fsp3) is 0.200. The van der Waals surface area contributed by atoms with Crippen molar-refractivity contribution >= 4 is 5.69 Å². The Balaban J connectivity index is 2.63. The summed E-state index contributed by atoms with van der Waals surface area (Å²) < 4.78 is 15.2. The molecule has 0 atom stereocenters. The molecule has 0 aliphatic rings. The van der Waals surface area contributed by atoms with Gasteiger partial charge in [0, 0.05) is 12.7 Å². The van der Waals surface area contributed by atoms with Gasteiger partial charge < -0.3 is 10.3 Å². The number of rotatable bonds is 1. The molecule has 0 fully saturated rings. The third-order valence-corrected chi connectivity index (χ3v) is 2.32. The molecule has 0 aliphatic carbocycles. The van der Waals surface area contributed by atoms with Gasteiger partial charge in [-0.2, -0.15) is 0 Å². The van der Waals surface area contributed by atoms with Crippen LogP contribution < -0.4 is 5.73 Å². The Morgan fingerprint density at radius 1 is 1.33 bits per heavy atom. The number of hydrogen-bond donors (Lipinski definition) is 1. The lowest BCUT2D eigenvalue weighted by molar-refractivity contribution is 0.629. The molecule has 1 aromatic heterocycles. The zero-order chi connectivity index (χ0) is 11.0. The molecular formula is C10H11FN4. The Kier molecular flexibility index (Phi) is 2.15. The average Bonchev–Trinajstić information content (AvgIpc) is 2.52. The van der Waals surface area contributed by atoms with Crippen LogP contribution >= 0.6 is 0 Å². The minimum Gasteiger partial charge on any atom is -0.399 e. The standard InChI is InChI=1S/C10H11FN4/c1-6-13-14-10(15(6)2)8-5-7(12)3-4-9(8)11/h3-5H,12H2,1-2H3. The highest BCUT2D eigenvalue weighted by atomic mass is 19.1. The number of nitrogen functional groups attached to an aromatic ring is 1. The van der Waals surface area contributed by atoms with Gasteiger partial charge in [0.15, 0.2) is 5.82 Å². The summed E-state index contributed by atoms with van der Waals surface area (Å²) in [7, 11) is 1.79. The molecule has 1 heterocycles. The third-order valence-electron chi connectivity index (χ3n) is 2.32. The molecule has 0 spiro atoms. The Hall–Kier alpha value is -1.91. The summed E-state index contributed by atoms with van der Waals surface area (Å²) in [6.07, 6.45) is 0. The van der Waals surface area contributed by atoms with E-state index in [4.69, 9.17) is 5.73 Å². The second kappa shape index (κ2) is 3.34. The molecule has 5 heteroatoms. The first-order valence-corrected chi connectivity index (χ1v) is 4.51. The highest BCUT2D eigenvalue weighted by molar-refractivity contribution is 5.62. The van der Waals surface area contributed by atoms with Crippen molar-refractivity contribution in [3.63, 3.8) is 0 Å². The van der Waals surface area contributed by atoms with Gasteiger partial charge in [-0.25, -0.2) is 4.39 Å². The molecule has 0 saturated heterocycles. The van der Waals surface area contributed by atoms with Crippen LogP contribution in [0.2, 0.25) is 0 Å². The lowest BCUT2D eigenvalue weighted by atomic mass is 10.2. The van der Waals surface area contributed by atoms with Crippen LogP contribution in [0.5, 0.6) is 0 Å². The van der Waals surface area contributed by atoms with E-state index in [2.05, 4.69) is 10.2 Å². The summed E-state index contributed by atoms with van der Waals surface area (Å²) in [5.74, 6) is 0.865. The maximum Gasteiger partial charge on any atom is 0.166 e. The van der Waals surface area contributed by atoms with Gasteiger partial charge in [-0.1, -0.05) is 0 Å². The number of aromatic nitrogens is 3. The first-order chi connectivity index (χ1) is 7.09. The number of nitrogens with zero attached hydrogens (tertiary/aromatic N) is 3. The van der Waals surface area contributed by atoms with Crippen molar-refractivity contribution < 1.29 is 4.39 Å². The number of nitrogens with two attached hydrogens (primary N) is 1. The first-order valence-electron chi connectivity index (χ1n) is 4.51. The van der Waals surface area contributed by atoms with Crippen LogP contribution in [-0.2, 0) is 7.05 Å². The SMILES string of the molecule is Cc1nnc(-c2cc(N)ccc2F)n1C. The summed E-state index contributed by atoms with van der Waals surface area (Å²) in [4.78, 5) is 0. The van der Waals surface area contributed by atoms with Gasteiger partial charge in [-0.15, -0.1) is 10.2 Å². The summed E-state index contributed by atoms with van der Waals surface area (Å²) in [6.45, 7) is 1.81. The predicted molar refractivity (Wildman–Crippen MR) is 55.5 cm³/mol. The molecule has 1 aromatic carbocycles. The maximum atomic E-state index is 13.5. The lowest BCUT2D eigenvalue weighted by Gasteiger charge is -2.04. The fourth-order valence-corrected chi connectivity index (χ4v) is 1.36. The Bertz CT molecular complexity index is 504. The summed E-state index contributed by atoms with van der Waals surface area (Å²) >= 11 is 0. The Labute approximate surface area is 86.6 Å². The highest BCUT2D eigenvalue weighted by Gasteiger charge is 2.12. The first kappa shape index (κ1) is 9.64. The molecule has 15 heavy (non-hydrogen) atoms. The van der Waals surface area contributed by atoms with Crippen LogP contribution in [0.4, 0.5) is 10.1 Å². The molecule has 0 unspecified atom stereocenters. The maximum absolute atomic E-state index is 13.5. The Morgan fingerprint density at radius 3 is 2.67 bits per heavy atom.